The molecule has 0 aliphatic heterocycles. The van der Waals surface area contributed by atoms with Gasteiger partial charge in [-0.05, 0) is 20.3 Å². The standard InChI is InChI=1S/C9H16O4S/c1-4-5-6(7(10)11)14-9(2,3)8(12)13/h6H,4-5H2,1-3H3,(H,10,11)(H,12,13). The van der Waals surface area contributed by atoms with E-state index in [4.69, 9.17) is 10.2 Å². The summed E-state index contributed by atoms with van der Waals surface area (Å²) in [4.78, 5) is 21.5. The number of thioether (sulfide) groups is 1. The fraction of sp³-hybridized carbons (Fsp3) is 0.778. The van der Waals surface area contributed by atoms with Gasteiger partial charge in [-0.1, -0.05) is 13.3 Å². The highest BCUT2D eigenvalue weighted by molar-refractivity contribution is 8.02. The van der Waals surface area contributed by atoms with E-state index in [0.29, 0.717) is 6.42 Å². The van der Waals surface area contributed by atoms with Crippen molar-refractivity contribution in [2.24, 2.45) is 0 Å². The number of carbonyl (C=O) groups is 2. The first-order valence-corrected chi connectivity index (χ1v) is 5.33. The number of aliphatic carboxylic acids is 2. The highest BCUT2D eigenvalue weighted by atomic mass is 32.2. The first kappa shape index (κ1) is 13.3. The van der Waals surface area contributed by atoms with Gasteiger partial charge in [-0.25, -0.2) is 0 Å². The summed E-state index contributed by atoms with van der Waals surface area (Å²) < 4.78 is -1.04. The molecule has 0 fully saturated rings. The molecule has 0 rings (SSSR count). The number of carboxylic acids is 2. The maximum Gasteiger partial charge on any atom is 0.319 e. The summed E-state index contributed by atoms with van der Waals surface area (Å²) in [5, 5.41) is 17.0. The van der Waals surface area contributed by atoms with Crippen molar-refractivity contribution in [1.82, 2.24) is 0 Å². The molecule has 0 aromatic carbocycles. The lowest BCUT2D eigenvalue weighted by molar-refractivity contribution is -0.138. The molecule has 0 radical (unpaired) electrons. The summed E-state index contributed by atoms with van der Waals surface area (Å²) in [6.45, 7) is 4.92. The largest absolute Gasteiger partial charge is 0.480 e. The van der Waals surface area contributed by atoms with Crippen molar-refractivity contribution in [2.45, 2.75) is 43.6 Å². The monoisotopic (exact) mass is 220 g/mol. The van der Waals surface area contributed by atoms with Crippen LogP contribution in [0, 0.1) is 0 Å². The zero-order valence-corrected chi connectivity index (χ0v) is 9.43. The van der Waals surface area contributed by atoms with Crippen molar-refractivity contribution in [3.05, 3.63) is 0 Å². The molecule has 82 valence electrons. The SMILES string of the molecule is CCCC(SC(C)(C)C(=O)O)C(=O)O. The van der Waals surface area contributed by atoms with E-state index in [1.165, 1.54) is 13.8 Å². The third kappa shape index (κ3) is 4.00. The van der Waals surface area contributed by atoms with Gasteiger partial charge in [0.1, 0.15) is 10.00 Å². The first-order valence-electron chi connectivity index (χ1n) is 4.45. The van der Waals surface area contributed by atoms with Crippen LogP contribution >= 0.6 is 11.8 Å². The molecule has 0 saturated carbocycles. The maximum absolute atomic E-state index is 10.8. The average molecular weight is 220 g/mol. The molecule has 1 unspecified atom stereocenters. The average Bonchev–Trinajstić information content (AvgIpc) is 2.02. The van der Waals surface area contributed by atoms with E-state index >= 15 is 0 Å². The van der Waals surface area contributed by atoms with Crippen LogP contribution in [0.1, 0.15) is 33.6 Å². The number of rotatable bonds is 6. The van der Waals surface area contributed by atoms with Crippen molar-refractivity contribution >= 4 is 23.7 Å². The molecule has 0 spiro atoms. The van der Waals surface area contributed by atoms with Gasteiger partial charge in [-0.2, -0.15) is 0 Å². The van der Waals surface area contributed by atoms with E-state index in [2.05, 4.69) is 0 Å². The summed E-state index contributed by atoms with van der Waals surface area (Å²) in [7, 11) is 0. The van der Waals surface area contributed by atoms with E-state index in [0.717, 1.165) is 18.2 Å². The van der Waals surface area contributed by atoms with Crippen molar-refractivity contribution in [1.29, 1.82) is 0 Å². The smallest absolute Gasteiger partial charge is 0.319 e. The highest BCUT2D eigenvalue weighted by Crippen LogP contribution is 2.31. The second kappa shape index (κ2) is 5.24. The second-order valence-corrected chi connectivity index (χ2v) is 5.37. The Labute approximate surface area is 87.7 Å². The van der Waals surface area contributed by atoms with Crippen LogP contribution in [0.5, 0.6) is 0 Å². The molecule has 4 nitrogen and oxygen atoms in total. The van der Waals surface area contributed by atoms with Crippen LogP contribution in [0.4, 0.5) is 0 Å². The maximum atomic E-state index is 10.8. The molecule has 14 heavy (non-hydrogen) atoms. The lowest BCUT2D eigenvalue weighted by atomic mass is 10.2. The Morgan fingerprint density at radius 3 is 2.14 bits per heavy atom. The van der Waals surface area contributed by atoms with Crippen LogP contribution in [0.15, 0.2) is 0 Å². The molecule has 0 aliphatic rings. The minimum absolute atomic E-state index is 0.497. The van der Waals surface area contributed by atoms with Gasteiger partial charge >= 0.3 is 11.9 Å². The summed E-state index contributed by atoms with van der Waals surface area (Å²) in [6, 6.07) is 0. The van der Waals surface area contributed by atoms with Crippen LogP contribution in [0.2, 0.25) is 0 Å². The molecule has 0 amide bonds. The van der Waals surface area contributed by atoms with Gasteiger partial charge < -0.3 is 10.2 Å². The third-order valence-corrected chi connectivity index (χ3v) is 3.26. The fourth-order valence-electron chi connectivity index (χ4n) is 0.901. The topological polar surface area (TPSA) is 74.6 Å². The molecule has 0 saturated heterocycles. The Hall–Kier alpha value is -0.710. The van der Waals surface area contributed by atoms with Crippen LogP contribution in [-0.4, -0.2) is 32.1 Å². The van der Waals surface area contributed by atoms with Crippen molar-refractivity contribution < 1.29 is 19.8 Å². The van der Waals surface area contributed by atoms with Gasteiger partial charge in [-0.15, -0.1) is 11.8 Å². The molecule has 5 heteroatoms. The molecular formula is C9H16O4S. The van der Waals surface area contributed by atoms with E-state index in [-0.39, 0.29) is 0 Å². The van der Waals surface area contributed by atoms with Crippen LogP contribution < -0.4 is 0 Å². The van der Waals surface area contributed by atoms with Gasteiger partial charge in [0.25, 0.3) is 0 Å². The lowest BCUT2D eigenvalue weighted by Gasteiger charge is -2.22. The molecule has 0 aromatic rings. The van der Waals surface area contributed by atoms with Gasteiger partial charge in [-0.3, -0.25) is 9.59 Å². The van der Waals surface area contributed by atoms with Gasteiger partial charge in [0.2, 0.25) is 0 Å². The van der Waals surface area contributed by atoms with Crippen molar-refractivity contribution in [2.75, 3.05) is 0 Å². The Kier molecular flexibility index (Phi) is 4.97. The van der Waals surface area contributed by atoms with Gasteiger partial charge in [0.15, 0.2) is 0 Å². The normalized spacial score (nSPS) is 13.6. The van der Waals surface area contributed by atoms with Crippen molar-refractivity contribution in [3.63, 3.8) is 0 Å². The van der Waals surface area contributed by atoms with E-state index in [1.54, 1.807) is 0 Å². The Morgan fingerprint density at radius 1 is 1.36 bits per heavy atom. The summed E-state index contributed by atoms with van der Waals surface area (Å²) >= 11 is 0.989. The molecular weight excluding hydrogens is 204 g/mol. The molecule has 0 heterocycles. The number of hydrogen-bond acceptors (Lipinski definition) is 3. The van der Waals surface area contributed by atoms with Crippen LogP contribution in [0.3, 0.4) is 0 Å². The predicted octanol–water partition coefficient (Wildman–Crippen LogP) is 1.84. The van der Waals surface area contributed by atoms with E-state index in [9.17, 15) is 9.59 Å². The quantitative estimate of drug-likeness (QED) is 0.714. The molecule has 1 atom stereocenters. The Bertz CT molecular complexity index is 225. The van der Waals surface area contributed by atoms with Crippen molar-refractivity contribution in [3.8, 4) is 0 Å². The second-order valence-electron chi connectivity index (χ2n) is 3.55. The summed E-state index contributed by atoms with van der Waals surface area (Å²) in [6.07, 6.45) is 1.23. The summed E-state index contributed by atoms with van der Waals surface area (Å²) in [5.41, 5.74) is 0. The van der Waals surface area contributed by atoms with E-state index < -0.39 is 21.9 Å². The lowest BCUT2D eigenvalue weighted by Crippen LogP contribution is -2.32. The number of carboxylic acid groups (broad SMARTS) is 2. The minimum Gasteiger partial charge on any atom is -0.480 e. The fourth-order valence-corrected chi connectivity index (χ4v) is 2.17. The molecule has 0 bridgehead atoms. The van der Waals surface area contributed by atoms with E-state index in [1.807, 2.05) is 6.92 Å². The third-order valence-electron chi connectivity index (χ3n) is 1.78. The Morgan fingerprint density at radius 2 is 1.86 bits per heavy atom. The summed E-state index contributed by atoms with van der Waals surface area (Å²) in [5.74, 6) is -1.92. The highest BCUT2D eigenvalue weighted by Gasteiger charge is 2.33. The zero-order valence-electron chi connectivity index (χ0n) is 8.61. The molecule has 0 aromatic heterocycles. The minimum atomic E-state index is -1.04. The predicted molar refractivity (Wildman–Crippen MR) is 55.6 cm³/mol. The molecule has 0 aliphatic carbocycles. The molecule has 2 N–H and O–H groups in total. The van der Waals surface area contributed by atoms with Gasteiger partial charge in [0.05, 0.1) is 0 Å². The van der Waals surface area contributed by atoms with Gasteiger partial charge in [0, 0.05) is 0 Å². The van der Waals surface area contributed by atoms with Crippen LogP contribution in [-0.2, 0) is 9.59 Å². The Balaban J connectivity index is 4.43. The van der Waals surface area contributed by atoms with Crippen LogP contribution in [0.25, 0.3) is 0 Å². The number of hydrogen-bond donors (Lipinski definition) is 2. The first-order chi connectivity index (χ1) is 6.31. The zero-order chi connectivity index (χ0) is 11.4.